The van der Waals surface area contributed by atoms with Crippen molar-refractivity contribution in [3.05, 3.63) is 54.0 Å². The lowest BCUT2D eigenvalue weighted by Gasteiger charge is -1.93. The quantitative estimate of drug-likeness (QED) is 0.765. The highest BCUT2D eigenvalue weighted by Gasteiger charge is 2.09. The molecule has 0 aliphatic carbocycles. The standard InChI is InChI=1S/C14H12N4O3/c19-14(20)6-11-8-18(17-15-11)9-12-7-13(16-21-12)10-4-2-1-3-5-10/h1-5,7-8H,6,9H2,(H,19,20). The van der Waals surface area contributed by atoms with Gasteiger partial charge in [0.05, 0.1) is 12.1 Å². The number of benzene rings is 1. The number of carbonyl (C=O) groups is 1. The molecule has 0 fully saturated rings. The molecule has 21 heavy (non-hydrogen) atoms. The van der Waals surface area contributed by atoms with Gasteiger partial charge in [-0.1, -0.05) is 40.7 Å². The molecule has 3 aromatic rings. The lowest BCUT2D eigenvalue weighted by Crippen LogP contribution is -2.00. The minimum Gasteiger partial charge on any atom is -0.481 e. The van der Waals surface area contributed by atoms with Crippen LogP contribution in [0.4, 0.5) is 0 Å². The van der Waals surface area contributed by atoms with Gasteiger partial charge in [-0.25, -0.2) is 4.68 Å². The van der Waals surface area contributed by atoms with Crippen molar-refractivity contribution in [1.82, 2.24) is 20.2 Å². The molecule has 0 bridgehead atoms. The number of carboxylic acids is 1. The highest BCUT2D eigenvalue weighted by molar-refractivity contribution is 5.69. The molecule has 0 spiro atoms. The molecular formula is C14H12N4O3. The zero-order valence-electron chi connectivity index (χ0n) is 11.0. The van der Waals surface area contributed by atoms with E-state index in [9.17, 15) is 4.79 Å². The molecule has 0 aliphatic heterocycles. The third-order valence-electron chi connectivity index (χ3n) is 2.86. The Morgan fingerprint density at radius 3 is 2.86 bits per heavy atom. The summed E-state index contributed by atoms with van der Waals surface area (Å²) in [5, 5.41) is 20.3. The van der Waals surface area contributed by atoms with Gasteiger partial charge in [0.1, 0.15) is 12.2 Å². The first kappa shape index (κ1) is 13.0. The van der Waals surface area contributed by atoms with Gasteiger partial charge in [0.15, 0.2) is 5.76 Å². The molecule has 0 radical (unpaired) electrons. The maximum atomic E-state index is 10.6. The van der Waals surface area contributed by atoms with E-state index in [2.05, 4.69) is 15.5 Å². The second-order valence-corrected chi connectivity index (χ2v) is 4.52. The van der Waals surface area contributed by atoms with Crippen molar-refractivity contribution >= 4 is 5.97 Å². The molecule has 2 heterocycles. The van der Waals surface area contributed by atoms with Gasteiger partial charge in [-0.05, 0) is 0 Å². The van der Waals surface area contributed by atoms with Gasteiger partial charge in [-0.2, -0.15) is 0 Å². The van der Waals surface area contributed by atoms with E-state index in [1.165, 1.54) is 4.68 Å². The van der Waals surface area contributed by atoms with Gasteiger partial charge in [-0.15, -0.1) is 5.10 Å². The number of nitrogens with zero attached hydrogens (tertiary/aromatic N) is 4. The van der Waals surface area contributed by atoms with E-state index in [0.717, 1.165) is 11.3 Å². The predicted molar refractivity (Wildman–Crippen MR) is 72.4 cm³/mol. The summed E-state index contributed by atoms with van der Waals surface area (Å²) in [6, 6.07) is 11.5. The van der Waals surface area contributed by atoms with E-state index < -0.39 is 5.97 Å². The van der Waals surface area contributed by atoms with Crippen LogP contribution in [0.3, 0.4) is 0 Å². The van der Waals surface area contributed by atoms with Crippen LogP contribution >= 0.6 is 0 Å². The van der Waals surface area contributed by atoms with Crippen LogP contribution in [0.1, 0.15) is 11.5 Å². The maximum Gasteiger partial charge on any atom is 0.309 e. The first-order chi connectivity index (χ1) is 10.2. The third kappa shape index (κ3) is 3.14. The molecule has 0 atom stereocenters. The number of carboxylic acid groups (broad SMARTS) is 1. The van der Waals surface area contributed by atoms with Crippen molar-refractivity contribution in [1.29, 1.82) is 0 Å². The smallest absolute Gasteiger partial charge is 0.309 e. The Labute approximate surface area is 119 Å². The van der Waals surface area contributed by atoms with Crippen LogP contribution in [0.15, 0.2) is 47.1 Å². The van der Waals surface area contributed by atoms with Gasteiger partial charge in [0, 0.05) is 17.8 Å². The summed E-state index contributed by atoms with van der Waals surface area (Å²) < 4.78 is 6.78. The first-order valence-electron chi connectivity index (χ1n) is 6.32. The van der Waals surface area contributed by atoms with Crippen molar-refractivity contribution in [3.8, 4) is 11.3 Å². The Morgan fingerprint density at radius 2 is 2.10 bits per heavy atom. The van der Waals surface area contributed by atoms with Crippen LogP contribution < -0.4 is 0 Å². The Balaban J connectivity index is 1.73. The van der Waals surface area contributed by atoms with E-state index >= 15 is 0 Å². The van der Waals surface area contributed by atoms with Crippen LogP contribution in [0, 0.1) is 0 Å². The zero-order valence-corrected chi connectivity index (χ0v) is 11.0. The van der Waals surface area contributed by atoms with Crippen LogP contribution in [-0.2, 0) is 17.8 Å². The van der Waals surface area contributed by atoms with Gasteiger partial charge >= 0.3 is 5.97 Å². The molecule has 3 rings (SSSR count). The molecule has 106 valence electrons. The number of rotatable bonds is 5. The van der Waals surface area contributed by atoms with Crippen LogP contribution in [0.25, 0.3) is 11.3 Å². The lowest BCUT2D eigenvalue weighted by molar-refractivity contribution is -0.136. The topological polar surface area (TPSA) is 94.0 Å². The molecule has 7 heteroatoms. The molecule has 0 unspecified atom stereocenters. The zero-order chi connectivity index (χ0) is 14.7. The van der Waals surface area contributed by atoms with Crippen LogP contribution in [0.5, 0.6) is 0 Å². The van der Waals surface area contributed by atoms with Crippen molar-refractivity contribution in [3.63, 3.8) is 0 Å². The third-order valence-corrected chi connectivity index (χ3v) is 2.86. The monoisotopic (exact) mass is 284 g/mol. The second-order valence-electron chi connectivity index (χ2n) is 4.52. The molecule has 2 aromatic heterocycles. The summed E-state index contributed by atoms with van der Waals surface area (Å²) in [5.74, 6) is -0.311. The molecule has 0 amide bonds. The minimum atomic E-state index is -0.937. The molecule has 0 saturated heterocycles. The first-order valence-corrected chi connectivity index (χ1v) is 6.32. The molecule has 0 aliphatic rings. The van der Waals surface area contributed by atoms with Gasteiger partial charge in [0.25, 0.3) is 0 Å². The van der Waals surface area contributed by atoms with Crippen molar-refractivity contribution in [2.45, 2.75) is 13.0 Å². The molecule has 0 saturated carbocycles. The lowest BCUT2D eigenvalue weighted by atomic mass is 10.1. The van der Waals surface area contributed by atoms with Crippen LogP contribution in [0.2, 0.25) is 0 Å². The number of aliphatic carboxylic acids is 1. The number of hydrogen-bond donors (Lipinski definition) is 1. The number of hydrogen-bond acceptors (Lipinski definition) is 5. The Kier molecular flexibility index (Phi) is 3.46. The summed E-state index contributed by atoms with van der Waals surface area (Å²) in [6.07, 6.45) is 1.44. The van der Waals surface area contributed by atoms with Gasteiger partial charge in [0.2, 0.25) is 0 Å². The molecular weight excluding hydrogens is 272 g/mol. The molecule has 7 nitrogen and oxygen atoms in total. The van der Waals surface area contributed by atoms with Crippen molar-refractivity contribution in [2.24, 2.45) is 0 Å². The van der Waals surface area contributed by atoms with Gasteiger partial charge < -0.3 is 9.63 Å². The van der Waals surface area contributed by atoms with E-state index in [-0.39, 0.29) is 6.42 Å². The maximum absolute atomic E-state index is 10.6. The Morgan fingerprint density at radius 1 is 1.29 bits per heavy atom. The summed E-state index contributed by atoms with van der Waals surface area (Å²) in [4.78, 5) is 10.6. The van der Waals surface area contributed by atoms with Crippen molar-refractivity contribution in [2.75, 3.05) is 0 Å². The van der Waals surface area contributed by atoms with Crippen molar-refractivity contribution < 1.29 is 14.4 Å². The average Bonchev–Trinajstić information content (AvgIpc) is 3.09. The number of aromatic nitrogens is 4. The van der Waals surface area contributed by atoms with E-state index in [0.29, 0.717) is 18.0 Å². The molecule has 1 N–H and O–H groups in total. The summed E-state index contributed by atoms with van der Waals surface area (Å²) >= 11 is 0. The predicted octanol–water partition coefficient (Wildman–Crippen LogP) is 1.61. The van der Waals surface area contributed by atoms with Crippen LogP contribution in [-0.4, -0.2) is 31.2 Å². The fourth-order valence-electron chi connectivity index (χ4n) is 1.94. The van der Waals surface area contributed by atoms with E-state index in [4.69, 9.17) is 9.63 Å². The van der Waals surface area contributed by atoms with E-state index in [1.54, 1.807) is 6.20 Å². The highest BCUT2D eigenvalue weighted by atomic mass is 16.5. The minimum absolute atomic E-state index is 0.147. The normalized spacial score (nSPS) is 10.7. The SMILES string of the molecule is O=C(O)Cc1cn(Cc2cc(-c3ccccc3)no2)nn1. The largest absolute Gasteiger partial charge is 0.481 e. The fraction of sp³-hybridized carbons (Fsp3) is 0.143. The summed E-state index contributed by atoms with van der Waals surface area (Å²) in [7, 11) is 0. The fourth-order valence-corrected chi connectivity index (χ4v) is 1.94. The summed E-state index contributed by atoms with van der Waals surface area (Å²) in [5.41, 5.74) is 2.12. The van der Waals surface area contributed by atoms with E-state index in [1.807, 2.05) is 36.4 Å². The van der Waals surface area contributed by atoms with Gasteiger partial charge in [-0.3, -0.25) is 4.79 Å². The Hall–Kier alpha value is -2.96. The average molecular weight is 284 g/mol. The highest BCUT2D eigenvalue weighted by Crippen LogP contribution is 2.18. The molecule has 1 aromatic carbocycles. The second kappa shape index (κ2) is 5.58. The summed E-state index contributed by atoms with van der Waals surface area (Å²) in [6.45, 7) is 0.354. The Bertz CT molecular complexity index is 748.